The smallest absolute Gasteiger partial charge is 0.270 e. The quantitative estimate of drug-likeness (QED) is 0.489. The van der Waals surface area contributed by atoms with Gasteiger partial charge in [0.2, 0.25) is 0 Å². The zero-order valence-electron chi connectivity index (χ0n) is 15.4. The normalized spacial score (nSPS) is 12.9. The lowest BCUT2D eigenvalue weighted by atomic mass is 10.0. The Kier molecular flexibility index (Phi) is 5.30. The van der Waals surface area contributed by atoms with E-state index in [4.69, 9.17) is 5.26 Å². The summed E-state index contributed by atoms with van der Waals surface area (Å²) in [6.07, 6.45) is 1.62. The first kappa shape index (κ1) is 20.0. The van der Waals surface area contributed by atoms with Crippen LogP contribution in [-0.2, 0) is 18.0 Å². The van der Waals surface area contributed by atoms with Gasteiger partial charge in [-0.15, -0.1) is 0 Å². The SMILES string of the molecule is C[C@](O)(Cn1ccc2cc([N+](=O)[O-])ccc21)C(=O)Nc1ccc(C#N)c(CF)c1. The molecule has 8 nitrogen and oxygen atoms in total. The number of nitro benzene ring substituents is 1. The monoisotopic (exact) mass is 396 g/mol. The number of nitrogens with one attached hydrogen (secondary N) is 1. The predicted octanol–water partition coefficient (Wildman–Crippen LogP) is 3.28. The lowest BCUT2D eigenvalue weighted by Crippen LogP contribution is -2.43. The molecule has 0 fully saturated rings. The molecular formula is C20H17FN4O4. The summed E-state index contributed by atoms with van der Waals surface area (Å²) in [4.78, 5) is 23.0. The summed E-state index contributed by atoms with van der Waals surface area (Å²) < 4.78 is 14.7. The zero-order valence-corrected chi connectivity index (χ0v) is 15.4. The van der Waals surface area contributed by atoms with Crippen LogP contribution in [0.1, 0.15) is 18.1 Å². The Morgan fingerprint density at radius 3 is 2.76 bits per heavy atom. The molecule has 2 aromatic carbocycles. The number of anilines is 1. The Morgan fingerprint density at radius 2 is 2.10 bits per heavy atom. The second-order valence-corrected chi connectivity index (χ2v) is 6.79. The van der Waals surface area contributed by atoms with Gasteiger partial charge in [-0.3, -0.25) is 14.9 Å². The van der Waals surface area contributed by atoms with E-state index in [9.17, 15) is 24.4 Å². The highest BCUT2D eigenvalue weighted by Gasteiger charge is 2.31. The van der Waals surface area contributed by atoms with Gasteiger partial charge in [-0.25, -0.2) is 4.39 Å². The van der Waals surface area contributed by atoms with E-state index in [2.05, 4.69) is 5.32 Å². The molecular weight excluding hydrogens is 379 g/mol. The third kappa shape index (κ3) is 4.07. The van der Waals surface area contributed by atoms with Crippen LogP contribution in [0.25, 0.3) is 10.9 Å². The number of nitro groups is 1. The average molecular weight is 396 g/mol. The number of carbonyl (C=O) groups excluding carboxylic acids is 1. The van der Waals surface area contributed by atoms with Crippen molar-refractivity contribution in [2.45, 2.75) is 25.7 Å². The summed E-state index contributed by atoms with van der Waals surface area (Å²) in [5, 5.41) is 33.6. The topological polar surface area (TPSA) is 121 Å². The summed E-state index contributed by atoms with van der Waals surface area (Å²) in [6.45, 7) is 0.371. The van der Waals surface area contributed by atoms with E-state index in [0.717, 1.165) is 0 Å². The molecule has 0 bridgehead atoms. The predicted molar refractivity (Wildman–Crippen MR) is 104 cm³/mol. The lowest BCUT2D eigenvalue weighted by Gasteiger charge is -2.23. The van der Waals surface area contributed by atoms with Gasteiger partial charge in [-0.2, -0.15) is 5.26 Å². The van der Waals surface area contributed by atoms with Crippen LogP contribution in [0.2, 0.25) is 0 Å². The highest BCUT2D eigenvalue weighted by molar-refractivity contribution is 5.97. The number of alkyl halides is 1. The Balaban J connectivity index is 1.80. The summed E-state index contributed by atoms with van der Waals surface area (Å²) in [5.74, 6) is -0.712. The fourth-order valence-electron chi connectivity index (χ4n) is 3.00. The average Bonchev–Trinajstić information content (AvgIpc) is 3.09. The number of non-ortho nitro benzene ring substituents is 1. The van der Waals surface area contributed by atoms with E-state index in [1.807, 2.05) is 6.07 Å². The molecule has 0 unspecified atom stereocenters. The summed E-state index contributed by atoms with van der Waals surface area (Å²) >= 11 is 0. The molecule has 1 amide bonds. The van der Waals surface area contributed by atoms with Crippen molar-refractivity contribution in [2.75, 3.05) is 5.32 Å². The van der Waals surface area contributed by atoms with Crippen molar-refractivity contribution in [1.29, 1.82) is 5.26 Å². The van der Waals surface area contributed by atoms with Crippen LogP contribution in [0.15, 0.2) is 48.7 Å². The number of aliphatic hydroxyl groups is 1. The van der Waals surface area contributed by atoms with Gasteiger partial charge in [-0.1, -0.05) is 0 Å². The minimum atomic E-state index is -1.82. The number of nitrogens with zero attached hydrogens (tertiary/aromatic N) is 3. The van der Waals surface area contributed by atoms with Crippen molar-refractivity contribution in [3.05, 3.63) is 69.9 Å². The molecule has 9 heteroatoms. The molecule has 0 spiro atoms. The number of rotatable bonds is 6. The molecule has 0 radical (unpaired) electrons. The van der Waals surface area contributed by atoms with Crippen molar-refractivity contribution < 1.29 is 19.2 Å². The van der Waals surface area contributed by atoms with Crippen molar-refractivity contribution in [3.8, 4) is 6.07 Å². The molecule has 0 aliphatic rings. The minimum absolute atomic E-state index is 0.0516. The van der Waals surface area contributed by atoms with Crippen LogP contribution in [-0.4, -0.2) is 26.1 Å². The highest BCUT2D eigenvalue weighted by Crippen LogP contribution is 2.24. The maximum atomic E-state index is 13.0. The van der Waals surface area contributed by atoms with E-state index >= 15 is 0 Å². The van der Waals surface area contributed by atoms with E-state index in [0.29, 0.717) is 10.9 Å². The van der Waals surface area contributed by atoms with Gasteiger partial charge in [0, 0.05) is 40.5 Å². The van der Waals surface area contributed by atoms with Gasteiger partial charge in [0.1, 0.15) is 6.67 Å². The molecule has 3 rings (SSSR count). The second-order valence-electron chi connectivity index (χ2n) is 6.79. The van der Waals surface area contributed by atoms with Gasteiger partial charge in [-0.05, 0) is 37.3 Å². The Hall–Kier alpha value is -3.77. The molecule has 1 heterocycles. The van der Waals surface area contributed by atoms with E-state index in [1.165, 1.54) is 37.3 Å². The lowest BCUT2D eigenvalue weighted by molar-refractivity contribution is -0.384. The van der Waals surface area contributed by atoms with Crippen molar-refractivity contribution >= 4 is 28.2 Å². The molecule has 148 valence electrons. The number of carbonyl (C=O) groups is 1. The first-order valence-corrected chi connectivity index (χ1v) is 8.61. The van der Waals surface area contributed by atoms with Crippen LogP contribution < -0.4 is 5.32 Å². The van der Waals surface area contributed by atoms with Crippen molar-refractivity contribution in [1.82, 2.24) is 4.57 Å². The first-order chi connectivity index (χ1) is 13.7. The fraction of sp³-hybridized carbons (Fsp3) is 0.200. The highest BCUT2D eigenvalue weighted by atomic mass is 19.1. The summed E-state index contributed by atoms with van der Waals surface area (Å²) in [6, 6.07) is 12.0. The largest absolute Gasteiger partial charge is 0.378 e. The van der Waals surface area contributed by atoms with Gasteiger partial charge in [0.15, 0.2) is 5.60 Å². The first-order valence-electron chi connectivity index (χ1n) is 8.61. The molecule has 2 N–H and O–H groups in total. The number of hydrogen-bond donors (Lipinski definition) is 2. The minimum Gasteiger partial charge on any atom is -0.378 e. The summed E-state index contributed by atoms with van der Waals surface area (Å²) in [5.41, 5.74) is -0.675. The van der Waals surface area contributed by atoms with Gasteiger partial charge in [0.05, 0.1) is 23.1 Å². The van der Waals surface area contributed by atoms with E-state index in [-0.39, 0.29) is 29.0 Å². The van der Waals surface area contributed by atoms with Crippen molar-refractivity contribution in [2.24, 2.45) is 0 Å². The Bertz CT molecular complexity index is 1150. The summed E-state index contributed by atoms with van der Waals surface area (Å²) in [7, 11) is 0. The van der Waals surface area contributed by atoms with Crippen LogP contribution in [0.4, 0.5) is 15.8 Å². The molecule has 0 saturated carbocycles. The Morgan fingerprint density at radius 1 is 1.34 bits per heavy atom. The molecule has 0 saturated heterocycles. The Labute approximate surface area is 164 Å². The second kappa shape index (κ2) is 7.69. The van der Waals surface area contributed by atoms with E-state index < -0.39 is 23.1 Å². The van der Waals surface area contributed by atoms with Crippen LogP contribution in [0.5, 0.6) is 0 Å². The van der Waals surface area contributed by atoms with Gasteiger partial charge < -0.3 is 15.0 Å². The maximum absolute atomic E-state index is 13.0. The maximum Gasteiger partial charge on any atom is 0.270 e. The number of halogens is 1. The molecule has 29 heavy (non-hydrogen) atoms. The number of amides is 1. The number of benzene rings is 2. The molecule has 0 aliphatic carbocycles. The molecule has 1 aromatic heterocycles. The number of hydrogen-bond acceptors (Lipinski definition) is 5. The molecule has 3 aromatic rings. The van der Waals surface area contributed by atoms with Crippen LogP contribution in [0, 0.1) is 21.4 Å². The fourth-order valence-corrected chi connectivity index (χ4v) is 3.00. The third-order valence-corrected chi connectivity index (χ3v) is 4.56. The number of nitriles is 1. The molecule has 1 atom stereocenters. The third-order valence-electron chi connectivity index (χ3n) is 4.56. The van der Waals surface area contributed by atoms with Crippen LogP contribution >= 0.6 is 0 Å². The van der Waals surface area contributed by atoms with Crippen LogP contribution in [0.3, 0.4) is 0 Å². The standard InChI is InChI=1S/C20H17FN4O4/c1-20(27,19(26)23-16-3-2-14(11-22)15(8-16)10-21)12-24-7-6-13-9-17(25(28)29)4-5-18(13)24/h2-9,27H,10,12H2,1H3,(H,23,26)/t20-/m0/s1. The number of aromatic nitrogens is 1. The van der Waals surface area contributed by atoms with Gasteiger partial charge >= 0.3 is 0 Å². The van der Waals surface area contributed by atoms with E-state index in [1.54, 1.807) is 22.9 Å². The zero-order chi connectivity index (χ0) is 21.2. The number of fused-ring (bicyclic) bond motifs is 1. The van der Waals surface area contributed by atoms with Gasteiger partial charge in [0.25, 0.3) is 11.6 Å². The molecule has 0 aliphatic heterocycles. The van der Waals surface area contributed by atoms with Crippen molar-refractivity contribution in [3.63, 3.8) is 0 Å².